The van der Waals surface area contributed by atoms with Gasteiger partial charge in [0.2, 0.25) is 5.91 Å². The van der Waals surface area contributed by atoms with Gasteiger partial charge in [-0.25, -0.2) is 0 Å². The maximum atomic E-state index is 12.6. The molecule has 0 fully saturated rings. The highest BCUT2D eigenvalue weighted by atomic mass is 32.1. The number of nitrogens with zero attached hydrogens (tertiary/aromatic N) is 1. The molecule has 0 saturated carbocycles. The summed E-state index contributed by atoms with van der Waals surface area (Å²) < 4.78 is 5.10. The largest absolute Gasteiger partial charge is 0.383 e. The molecule has 1 aromatic heterocycles. The van der Waals surface area contributed by atoms with Crippen LogP contribution in [0.5, 0.6) is 0 Å². The van der Waals surface area contributed by atoms with Crippen LogP contribution in [0.1, 0.15) is 16.5 Å². The van der Waals surface area contributed by atoms with Gasteiger partial charge < -0.3 is 15.4 Å². The summed E-state index contributed by atoms with van der Waals surface area (Å²) in [7, 11) is 1.63. The van der Waals surface area contributed by atoms with Gasteiger partial charge in [-0.3, -0.25) is 4.79 Å². The van der Waals surface area contributed by atoms with Gasteiger partial charge in [0, 0.05) is 18.5 Å². The summed E-state index contributed by atoms with van der Waals surface area (Å²) in [5, 5.41) is 2.01. The second-order valence-corrected chi connectivity index (χ2v) is 5.75. The topological polar surface area (TPSA) is 55.6 Å². The molecule has 0 aliphatic rings. The summed E-state index contributed by atoms with van der Waals surface area (Å²) >= 11 is 1.63. The van der Waals surface area contributed by atoms with E-state index in [-0.39, 0.29) is 5.91 Å². The molecule has 0 saturated heterocycles. The molecular formula is C16H20N2O2S. The van der Waals surface area contributed by atoms with Crippen molar-refractivity contribution in [2.24, 2.45) is 5.73 Å². The van der Waals surface area contributed by atoms with E-state index in [1.54, 1.807) is 23.3 Å². The van der Waals surface area contributed by atoms with Gasteiger partial charge in [0.25, 0.3) is 0 Å². The first-order valence-corrected chi connectivity index (χ1v) is 7.71. The van der Waals surface area contributed by atoms with E-state index in [1.807, 2.05) is 47.8 Å². The minimum Gasteiger partial charge on any atom is -0.383 e. The average molecular weight is 304 g/mol. The Morgan fingerprint density at radius 1 is 1.29 bits per heavy atom. The molecule has 1 amide bonds. The Kier molecular flexibility index (Phi) is 5.92. The fourth-order valence-corrected chi connectivity index (χ4v) is 2.78. The summed E-state index contributed by atoms with van der Waals surface area (Å²) in [5.41, 5.74) is 6.94. The Bertz CT molecular complexity index is 543. The third-order valence-electron chi connectivity index (χ3n) is 3.23. The lowest BCUT2D eigenvalue weighted by molar-refractivity contribution is -0.134. The van der Waals surface area contributed by atoms with Crippen molar-refractivity contribution >= 4 is 17.2 Å². The van der Waals surface area contributed by atoms with Crippen LogP contribution >= 0.6 is 11.3 Å². The molecule has 2 rings (SSSR count). The first kappa shape index (κ1) is 15.7. The van der Waals surface area contributed by atoms with Crippen LogP contribution < -0.4 is 5.73 Å². The molecule has 0 radical (unpaired) electrons. The maximum absolute atomic E-state index is 12.6. The van der Waals surface area contributed by atoms with Gasteiger partial charge in [0.1, 0.15) is 6.04 Å². The van der Waals surface area contributed by atoms with Crippen LogP contribution in [0.15, 0.2) is 47.8 Å². The van der Waals surface area contributed by atoms with E-state index in [2.05, 4.69) is 0 Å². The molecule has 0 spiro atoms. The second kappa shape index (κ2) is 7.93. The predicted molar refractivity (Wildman–Crippen MR) is 85.0 cm³/mol. The molecule has 4 nitrogen and oxygen atoms in total. The molecule has 1 aromatic carbocycles. The van der Waals surface area contributed by atoms with Crippen molar-refractivity contribution < 1.29 is 9.53 Å². The van der Waals surface area contributed by atoms with Crippen molar-refractivity contribution in [2.45, 2.75) is 12.6 Å². The lowest BCUT2D eigenvalue weighted by Crippen LogP contribution is -2.39. The number of rotatable bonds is 7. The molecule has 0 aliphatic heterocycles. The molecule has 112 valence electrons. The molecule has 1 atom stereocenters. The Morgan fingerprint density at radius 2 is 2.05 bits per heavy atom. The molecule has 2 N–H and O–H groups in total. The fraction of sp³-hybridized carbons (Fsp3) is 0.312. The van der Waals surface area contributed by atoms with E-state index in [4.69, 9.17) is 10.5 Å². The minimum absolute atomic E-state index is 0.0772. The number of nitrogens with two attached hydrogens (primary N) is 1. The predicted octanol–water partition coefficient (Wildman–Crippen LogP) is 2.42. The first-order valence-electron chi connectivity index (χ1n) is 6.83. The van der Waals surface area contributed by atoms with Gasteiger partial charge in [0.15, 0.2) is 0 Å². The summed E-state index contributed by atoms with van der Waals surface area (Å²) in [4.78, 5) is 15.5. The van der Waals surface area contributed by atoms with Crippen molar-refractivity contribution in [3.05, 3.63) is 58.3 Å². The fourth-order valence-electron chi connectivity index (χ4n) is 2.06. The van der Waals surface area contributed by atoms with Gasteiger partial charge in [-0.2, -0.15) is 0 Å². The third kappa shape index (κ3) is 4.39. The van der Waals surface area contributed by atoms with E-state index in [1.165, 1.54) is 0 Å². The van der Waals surface area contributed by atoms with Gasteiger partial charge in [-0.15, -0.1) is 11.3 Å². The lowest BCUT2D eigenvalue weighted by Gasteiger charge is -2.25. The smallest absolute Gasteiger partial charge is 0.244 e. The van der Waals surface area contributed by atoms with Crippen LogP contribution in [0.4, 0.5) is 0 Å². The molecule has 0 bridgehead atoms. The number of hydrogen-bond acceptors (Lipinski definition) is 4. The number of thiophene rings is 1. The highest BCUT2D eigenvalue weighted by Gasteiger charge is 2.22. The highest BCUT2D eigenvalue weighted by Crippen LogP contribution is 2.17. The maximum Gasteiger partial charge on any atom is 0.244 e. The minimum atomic E-state index is -0.636. The lowest BCUT2D eigenvalue weighted by atomic mass is 10.1. The summed E-state index contributed by atoms with van der Waals surface area (Å²) in [6, 6.07) is 12.8. The Balaban J connectivity index is 2.09. The van der Waals surface area contributed by atoms with Crippen molar-refractivity contribution in [1.29, 1.82) is 0 Å². The molecule has 2 aromatic rings. The van der Waals surface area contributed by atoms with Crippen LogP contribution in [0.25, 0.3) is 0 Å². The first-order chi connectivity index (χ1) is 10.2. The molecule has 1 heterocycles. The third-order valence-corrected chi connectivity index (χ3v) is 4.09. The number of benzene rings is 1. The Labute approximate surface area is 129 Å². The zero-order chi connectivity index (χ0) is 15.1. The van der Waals surface area contributed by atoms with Crippen LogP contribution in [0.3, 0.4) is 0 Å². The van der Waals surface area contributed by atoms with Gasteiger partial charge >= 0.3 is 0 Å². The average Bonchev–Trinajstić information content (AvgIpc) is 3.04. The van der Waals surface area contributed by atoms with Crippen LogP contribution in [-0.2, 0) is 16.1 Å². The Morgan fingerprint density at radius 3 is 2.67 bits per heavy atom. The van der Waals surface area contributed by atoms with Crippen molar-refractivity contribution in [1.82, 2.24) is 4.90 Å². The van der Waals surface area contributed by atoms with E-state index in [0.717, 1.165) is 10.4 Å². The molecule has 1 unspecified atom stereocenters. The number of carbonyl (C=O) groups is 1. The van der Waals surface area contributed by atoms with E-state index >= 15 is 0 Å². The SMILES string of the molecule is COCCN(Cc1cccs1)C(=O)C(N)c1ccccc1. The van der Waals surface area contributed by atoms with Crippen molar-refractivity contribution in [3.63, 3.8) is 0 Å². The summed E-state index contributed by atoms with van der Waals surface area (Å²) in [6.45, 7) is 1.60. The quantitative estimate of drug-likeness (QED) is 0.854. The highest BCUT2D eigenvalue weighted by molar-refractivity contribution is 7.09. The molecule has 21 heavy (non-hydrogen) atoms. The number of hydrogen-bond donors (Lipinski definition) is 1. The van der Waals surface area contributed by atoms with Crippen LogP contribution in [0, 0.1) is 0 Å². The van der Waals surface area contributed by atoms with E-state index in [0.29, 0.717) is 19.7 Å². The molecular weight excluding hydrogens is 284 g/mol. The number of ether oxygens (including phenoxy) is 1. The monoisotopic (exact) mass is 304 g/mol. The van der Waals surface area contributed by atoms with Crippen LogP contribution in [-0.4, -0.2) is 31.1 Å². The van der Waals surface area contributed by atoms with Gasteiger partial charge in [-0.1, -0.05) is 36.4 Å². The normalized spacial score (nSPS) is 12.1. The Hall–Kier alpha value is -1.69. The summed E-state index contributed by atoms with van der Waals surface area (Å²) in [5.74, 6) is -0.0772. The van der Waals surface area contributed by atoms with Crippen molar-refractivity contribution in [3.8, 4) is 0 Å². The van der Waals surface area contributed by atoms with Crippen LogP contribution in [0.2, 0.25) is 0 Å². The number of carbonyl (C=O) groups excluding carboxylic acids is 1. The van der Waals surface area contributed by atoms with Gasteiger partial charge in [0.05, 0.1) is 13.2 Å². The number of amides is 1. The summed E-state index contributed by atoms with van der Waals surface area (Å²) in [6.07, 6.45) is 0. The van der Waals surface area contributed by atoms with E-state index in [9.17, 15) is 4.79 Å². The van der Waals surface area contributed by atoms with Crippen molar-refractivity contribution in [2.75, 3.05) is 20.3 Å². The number of methoxy groups -OCH3 is 1. The zero-order valence-corrected chi connectivity index (χ0v) is 12.9. The van der Waals surface area contributed by atoms with E-state index < -0.39 is 6.04 Å². The van der Waals surface area contributed by atoms with Gasteiger partial charge in [-0.05, 0) is 17.0 Å². The zero-order valence-electron chi connectivity index (χ0n) is 12.1. The standard InChI is InChI=1S/C16H20N2O2S/c1-20-10-9-18(12-14-8-5-11-21-14)16(19)15(17)13-6-3-2-4-7-13/h2-8,11,15H,9-10,12,17H2,1H3. The second-order valence-electron chi connectivity index (χ2n) is 4.72. The molecule has 5 heteroatoms. The molecule has 0 aliphatic carbocycles.